The van der Waals surface area contributed by atoms with Crippen LogP contribution in [0.5, 0.6) is 0 Å². The molecule has 1 aromatic heterocycles. The van der Waals surface area contributed by atoms with Crippen LogP contribution >= 0.6 is 11.6 Å². The Hall–Kier alpha value is -2.22. The highest BCUT2D eigenvalue weighted by Crippen LogP contribution is 2.28. The molecule has 3 aliphatic rings. The maximum atomic E-state index is 13.4. The summed E-state index contributed by atoms with van der Waals surface area (Å²) in [5, 5.41) is 4.52. The first-order chi connectivity index (χ1) is 16.1. The van der Waals surface area contributed by atoms with E-state index in [0.717, 1.165) is 87.9 Å². The number of rotatable bonds is 4. The van der Waals surface area contributed by atoms with Crippen molar-refractivity contribution >= 4 is 23.3 Å². The van der Waals surface area contributed by atoms with Gasteiger partial charge in [0.25, 0.3) is 5.91 Å². The Morgan fingerprint density at radius 3 is 2.61 bits per heavy atom. The molecule has 4 heterocycles. The normalized spacial score (nSPS) is 20.1. The fraction of sp³-hybridized carbons (Fsp3) is 0.560. The number of fused-ring (bicyclic) bond motifs is 1. The van der Waals surface area contributed by atoms with Gasteiger partial charge in [-0.2, -0.15) is 0 Å². The van der Waals surface area contributed by atoms with E-state index in [2.05, 4.69) is 26.3 Å². The molecule has 0 bridgehead atoms. The van der Waals surface area contributed by atoms with E-state index < -0.39 is 0 Å². The Kier molecular flexibility index (Phi) is 6.81. The molecule has 0 saturated carbocycles. The van der Waals surface area contributed by atoms with Crippen LogP contribution in [0.3, 0.4) is 0 Å². The maximum absolute atomic E-state index is 13.4. The third kappa shape index (κ3) is 5.00. The molecule has 0 atom stereocenters. The highest BCUT2D eigenvalue weighted by Gasteiger charge is 2.29. The van der Waals surface area contributed by atoms with Crippen LogP contribution in [0.15, 0.2) is 24.5 Å². The first-order valence-corrected chi connectivity index (χ1v) is 12.4. The molecule has 0 radical (unpaired) electrons. The molecule has 33 heavy (non-hydrogen) atoms. The number of nitrogens with zero attached hydrogens (tertiary/aromatic N) is 4. The van der Waals surface area contributed by atoms with Gasteiger partial charge in [-0.1, -0.05) is 17.7 Å². The van der Waals surface area contributed by atoms with E-state index in [4.69, 9.17) is 16.3 Å². The Morgan fingerprint density at radius 1 is 1.06 bits per heavy atom. The van der Waals surface area contributed by atoms with Gasteiger partial charge in [-0.05, 0) is 62.3 Å². The summed E-state index contributed by atoms with van der Waals surface area (Å²) in [4.78, 5) is 26.5. The van der Waals surface area contributed by atoms with Crippen LogP contribution in [-0.2, 0) is 17.7 Å². The number of piperidine rings is 1. The topological polar surface area (TPSA) is 70.6 Å². The number of ether oxygens (including phenoxy) is 1. The van der Waals surface area contributed by atoms with Crippen molar-refractivity contribution < 1.29 is 9.53 Å². The highest BCUT2D eigenvalue weighted by molar-refractivity contribution is 6.30. The van der Waals surface area contributed by atoms with Gasteiger partial charge in [-0.15, -0.1) is 0 Å². The highest BCUT2D eigenvalue weighted by atomic mass is 35.5. The van der Waals surface area contributed by atoms with Crippen LogP contribution in [0.25, 0.3) is 0 Å². The SMILES string of the molecule is Cc1c(C(=O)N2CCC(NC3CCOCC3)CC2)ncnc1N1CCc2ccc(Cl)cc2C1. The van der Waals surface area contributed by atoms with Gasteiger partial charge in [0.2, 0.25) is 0 Å². The first kappa shape index (κ1) is 22.6. The molecular formula is C25H32ClN5O2. The molecule has 0 aliphatic carbocycles. The minimum atomic E-state index is 0.0149. The molecule has 7 nitrogen and oxygen atoms in total. The van der Waals surface area contributed by atoms with Gasteiger partial charge in [-0.3, -0.25) is 4.79 Å². The van der Waals surface area contributed by atoms with Crippen LogP contribution in [0.4, 0.5) is 5.82 Å². The number of amides is 1. The second-order valence-corrected chi connectivity index (χ2v) is 9.81. The number of hydrogen-bond donors (Lipinski definition) is 1. The lowest BCUT2D eigenvalue weighted by Gasteiger charge is -2.36. The Bertz CT molecular complexity index is 1000. The van der Waals surface area contributed by atoms with Crippen molar-refractivity contribution in [3.8, 4) is 0 Å². The van der Waals surface area contributed by atoms with Crippen LogP contribution in [0.1, 0.15) is 52.9 Å². The van der Waals surface area contributed by atoms with Crippen molar-refractivity contribution in [2.45, 2.75) is 57.7 Å². The van der Waals surface area contributed by atoms with Gasteiger partial charge in [0.05, 0.1) is 0 Å². The molecule has 3 aliphatic heterocycles. The van der Waals surface area contributed by atoms with Crippen molar-refractivity contribution in [3.63, 3.8) is 0 Å². The van der Waals surface area contributed by atoms with Crippen LogP contribution in [-0.4, -0.2) is 65.7 Å². The number of hydrogen-bond acceptors (Lipinski definition) is 6. The van der Waals surface area contributed by atoms with Crippen molar-refractivity contribution in [2.75, 3.05) is 37.7 Å². The molecule has 1 N–H and O–H groups in total. The fourth-order valence-electron chi connectivity index (χ4n) is 5.28. The lowest BCUT2D eigenvalue weighted by atomic mass is 9.99. The summed E-state index contributed by atoms with van der Waals surface area (Å²) >= 11 is 6.21. The molecule has 1 amide bonds. The summed E-state index contributed by atoms with van der Waals surface area (Å²) in [6.07, 6.45) is 6.58. The Balaban J connectivity index is 1.24. The van der Waals surface area contributed by atoms with Crippen molar-refractivity contribution in [2.24, 2.45) is 0 Å². The zero-order valence-electron chi connectivity index (χ0n) is 19.2. The van der Waals surface area contributed by atoms with E-state index in [-0.39, 0.29) is 5.91 Å². The van der Waals surface area contributed by atoms with E-state index in [0.29, 0.717) is 17.8 Å². The lowest BCUT2D eigenvalue weighted by molar-refractivity contribution is 0.0628. The van der Waals surface area contributed by atoms with Crippen LogP contribution in [0.2, 0.25) is 5.02 Å². The lowest BCUT2D eigenvalue weighted by Crippen LogP contribution is -2.49. The predicted octanol–water partition coefficient (Wildman–Crippen LogP) is 3.37. The molecule has 0 spiro atoms. The zero-order chi connectivity index (χ0) is 22.8. The third-order valence-corrected chi connectivity index (χ3v) is 7.45. The number of nitrogens with one attached hydrogen (secondary N) is 1. The van der Waals surface area contributed by atoms with Crippen LogP contribution < -0.4 is 10.2 Å². The molecule has 8 heteroatoms. The molecule has 2 aromatic rings. The smallest absolute Gasteiger partial charge is 0.272 e. The number of benzene rings is 1. The summed E-state index contributed by atoms with van der Waals surface area (Å²) < 4.78 is 5.46. The fourth-order valence-corrected chi connectivity index (χ4v) is 5.47. The predicted molar refractivity (Wildman–Crippen MR) is 129 cm³/mol. The maximum Gasteiger partial charge on any atom is 0.272 e. The molecule has 0 unspecified atom stereocenters. The van der Waals surface area contributed by atoms with Crippen LogP contribution in [0, 0.1) is 6.92 Å². The molecule has 2 fully saturated rings. The molecule has 2 saturated heterocycles. The third-order valence-electron chi connectivity index (χ3n) is 7.22. The van der Waals surface area contributed by atoms with Crippen molar-refractivity contribution in [3.05, 3.63) is 51.9 Å². The van der Waals surface area contributed by atoms with E-state index in [1.807, 2.05) is 24.0 Å². The largest absolute Gasteiger partial charge is 0.381 e. The van der Waals surface area contributed by atoms with E-state index in [9.17, 15) is 4.79 Å². The summed E-state index contributed by atoms with van der Waals surface area (Å²) in [6.45, 7) is 6.78. The number of likely N-dealkylation sites (tertiary alicyclic amines) is 1. The van der Waals surface area contributed by atoms with E-state index in [1.165, 1.54) is 17.5 Å². The monoisotopic (exact) mass is 469 g/mol. The van der Waals surface area contributed by atoms with Gasteiger partial charge in [-0.25, -0.2) is 9.97 Å². The minimum absolute atomic E-state index is 0.0149. The number of carbonyl (C=O) groups excluding carboxylic acids is 1. The van der Waals surface area contributed by atoms with E-state index >= 15 is 0 Å². The minimum Gasteiger partial charge on any atom is -0.381 e. The van der Waals surface area contributed by atoms with Crippen molar-refractivity contribution in [1.29, 1.82) is 0 Å². The Morgan fingerprint density at radius 2 is 1.82 bits per heavy atom. The van der Waals surface area contributed by atoms with Gasteiger partial charge in [0.15, 0.2) is 0 Å². The number of halogens is 1. The second kappa shape index (κ2) is 9.95. The molecule has 176 valence electrons. The number of aromatic nitrogens is 2. The summed E-state index contributed by atoms with van der Waals surface area (Å²) in [5.74, 6) is 0.858. The van der Waals surface area contributed by atoms with Crippen molar-refractivity contribution in [1.82, 2.24) is 20.2 Å². The number of anilines is 1. The first-order valence-electron chi connectivity index (χ1n) is 12.1. The van der Waals surface area contributed by atoms with Gasteiger partial charge < -0.3 is 19.9 Å². The molecule has 5 rings (SSSR count). The van der Waals surface area contributed by atoms with Gasteiger partial charge >= 0.3 is 0 Å². The summed E-state index contributed by atoms with van der Waals surface area (Å²) in [6, 6.07) is 7.11. The number of carbonyl (C=O) groups is 1. The molecule has 1 aromatic carbocycles. The summed E-state index contributed by atoms with van der Waals surface area (Å²) in [7, 11) is 0. The zero-order valence-corrected chi connectivity index (χ0v) is 20.0. The average Bonchev–Trinajstić information content (AvgIpc) is 2.84. The quantitative estimate of drug-likeness (QED) is 0.740. The van der Waals surface area contributed by atoms with E-state index in [1.54, 1.807) is 0 Å². The summed E-state index contributed by atoms with van der Waals surface area (Å²) in [5.41, 5.74) is 3.93. The Labute approximate surface area is 200 Å². The van der Waals surface area contributed by atoms with Gasteiger partial charge in [0.1, 0.15) is 17.8 Å². The second-order valence-electron chi connectivity index (χ2n) is 9.38. The molecular weight excluding hydrogens is 438 g/mol. The average molecular weight is 470 g/mol. The standard InChI is InChI=1S/C25H32ClN5O2/c1-17-23(25(32)30-10-5-21(6-11-30)29-22-7-12-33-13-8-22)27-16-28-24(17)31-9-4-18-2-3-20(26)14-19(18)15-31/h2-3,14,16,21-22,29H,4-13,15H2,1H3. The van der Waals surface area contributed by atoms with Gasteiger partial charge in [0, 0.05) is 62.1 Å².